The summed E-state index contributed by atoms with van der Waals surface area (Å²) < 4.78 is 1.70. The number of aryl methyl sites for hydroxylation is 1. The van der Waals surface area contributed by atoms with Gasteiger partial charge in [0.05, 0.1) is 16.8 Å². The summed E-state index contributed by atoms with van der Waals surface area (Å²) in [6.45, 7) is 0. The molecule has 1 saturated heterocycles. The summed E-state index contributed by atoms with van der Waals surface area (Å²) in [7, 11) is 1.84. The normalized spacial score (nSPS) is 18.5. The lowest BCUT2D eigenvalue weighted by atomic mass is 10.3. The molecule has 0 atom stereocenters. The van der Waals surface area contributed by atoms with E-state index in [2.05, 4.69) is 15.4 Å². The van der Waals surface area contributed by atoms with E-state index in [4.69, 9.17) is 11.6 Å². The van der Waals surface area contributed by atoms with Crippen LogP contribution in [-0.4, -0.2) is 20.9 Å². The molecule has 1 aliphatic rings. The molecule has 3 rings (SSSR count). The van der Waals surface area contributed by atoms with Crippen molar-refractivity contribution < 1.29 is 4.79 Å². The molecule has 1 aliphatic heterocycles. The van der Waals surface area contributed by atoms with Crippen LogP contribution in [0.2, 0.25) is 5.02 Å². The number of halogens is 1. The molecule has 1 amide bonds. The Bertz CT molecular complexity index is 766. The fourth-order valence-electron chi connectivity index (χ4n) is 1.85. The van der Waals surface area contributed by atoms with Crippen molar-refractivity contribution in [1.29, 1.82) is 0 Å². The van der Waals surface area contributed by atoms with E-state index in [0.717, 1.165) is 22.2 Å². The van der Waals surface area contributed by atoms with Crippen LogP contribution in [0.3, 0.4) is 0 Å². The van der Waals surface area contributed by atoms with Crippen LogP contribution in [0.5, 0.6) is 0 Å². The van der Waals surface area contributed by atoms with E-state index in [1.807, 2.05) is 31.5 Å². The van der Waals surface area contributed by atoms with Gasteiger partial charge in [-0.2, -0.15) is 5.10 Å². The van der Waals surface area contributed by atoms with Crippen molar-refractivity contribution in [2.75, 3.05) is 0 Å². The third kappa shape index (κ3) is 3.34. The Morgan fingerprint density at radius 1 is 1.48 bits per heavy atom. The van der Waals surface area contributed by atoms with Gasteiger partial charge >= 0.3 is 0 Å². The number of aliphatic imine (C=N–C) groups is 1. The Balaban J connectivity index is 1.96. The van der Waals surface area contributed by atoms with Crippen LogP contribution in [0.15, 0.2) is 46.6 Å². The van der Waals surface area contributed by atoms with Gasteiger partial charge in [-0.1, -0.05) is 17.7 Å². The molecule has 7 heteroatoms. The number of amidine groups is 1. The number of aromatic nitrogens is 2. The molecule has 0 spiro atoms. The Hall–Kier alpha value is -2.05. The molecule has 1 N–H and O–H groups in total. The zero-order chi connectivity index (χ0) is 14.8. The fraction of sp³-hybridized carbons (Fsp3) is 0.0714. The molecule has 1 fully saturated rings. The number of benzene rings is 1. The lowest BCUT2D eigenvalue weighted by Gasteiger charge is -1.99. The minimum absolute atomic E-state index is 0.147. The Labute approximate surface area is 130 Å². The van der Waals surface area contributed by atoms with Crippen LogP contribution in [-0.2, 0) is 7.05 Å². The third-order valence-corrected chi connectivity index (χ3v) is 3.78. The number of thioether (sulfide) groups is 1. The predicted molar refractivity (Wildman–Crippen MR) is 85.9 cm³/mol. The number of hydrogen-bond acceptors (Lipinski definition) is 4. The lowest BCUT2D eigenvalue weighted by molar-refractivity contribution is 0.265. The SMILES string of the molecule is Cn1cc(C=C2SC(=O)NC2=Nc2cccc(Cl)c2)cn1. The molecule has 1 aromatic heterocycles. The highest BCUT2D eigenvalue weighted by Gasteiger charge is 2.23. The van der Waals surface area contributed by atoms with Gasteiger partial charge in [-0.05, 0) is 36.0 Å². The highest BCUT2D eigenvalue weighted by atomic mass is 35.5. The molecule has 2 aromatic rings. The maximum atomic E-state index is 11.6. The van der Waals surface area contributed by atoms with E-state index in [0.29, 0.717) is 16.5 Å². The molecule has 5 nitrogen and oxygen atoms in total. The molecular formula is C14H11ClN4OS. The van der Waals surface area contributed by atoms with E-state index in [1.165, 1.54) is 0 Å². The molecule has 0 radical (unpaired) electrons. The van der Waals surface area contributed by atoms with Crippen molar-refractivity contribution in [2.45, 2.75) is 0 Å². The van der Waals surface area contributed by atoms with Gasteiger partial charge in [-0.15, -0.1) is 0 Å². The van der Waals surface area contributed by atoms with Gasteiger partial charge in [0, 0.05) is 23.8 Å². The third-order valence-electron chi connectivity index (χ3n) is 2.73. The van der Waals surface area contributed by atoms with Crippen LogP contribution in [0.1, 0.15) is 5.56 Å². The fourth-order valence-corrected chi connectivity index (χ4v) is 2.77. The molecule has 21 heavy (non-hydrogen) atoms. The van der Waals surface area contributed by atoms with Crippen molar-refractivity contribution in [3.05, 3.63) is 52.2 Å². The van der Waals surface area contributed by atoms with Crippen molar-refractivity contribution in [2.24, 2.45) is 12.0 Å². The van der Waals surface area contributed by atoms with Gasteiger partial charge in [0.15, 0.2) is 0 Å². The molecule has 1 aromatic carbocycles. The number of nitrogens with zero attached hydrogens (tertiary/aromatic N) is 3. The summed E-state index contributed by atoms with van der Waals surface area (Å²) in [4.78, 5) is 16.8. The smallest absolute Gasteiger partial charge is 0.289 e. The largest absolute Gasteiger partial charge is 0.300 e. The molecule has 2 heterocycles. The lowest BCUT2D eigenvalue weighted by Crippen LogP contribution is -2.18. The van der Waals surface area contributed by atoms with Gasteiger partial charge in [-0.3, -0.25) is 9.48 Å². The van der Waals surface area contributed by atoms with Gasteiger partial charge in [0.2, 0.25) is 0 Å². The number of carbonyl (C=O) groups is 1. The monoisotopic (exact) mass is 318 g/mol. The first kappa shape index (κ1) is 13.9. The first-order chi connectivity index (χ1) is 10.1. The summed E-state index contributed by atoms with van der Waals surface area (Å²) in [5.74, 6) is 0.524. The van der Waals surface area contributed by atoms with Crippen LogP contribution in [0.4, 0.5) is 10.5 Å². The number of hydrogen-bond donors (Lipinski definition) is 1. The second kappa shape index (κ2) is 5.75. The number of nitrogens with one attached hydrogen (secondary N) is 1. The minimum atomic E-state index is -0.147. The van der Waals surface area contributed by atoms with E-state index in [-0.39, 0.29) is 5.24 Å². The van der Waals surface area contributed by atoms with Crippen LogP contribution in [0, 0.1) is 0 Å². The second-order valence-electron chi connectivity index (χ2n) is 4.41. The van der Waals surface area contributed by atoms with Gasteiger partial charge in [0.25, 0.3) is 5.24 Å². The zero-order valence-electron chi connectivity index (χ0n) is 11.1. The molecular weight excluding hydrogens is 308 g/mol. The maximum Gasteiger partial charge on any atom is 0.289 e. The van der Waals surface area contributed by atoms with Crippen molar-refractivity contribution in [3.63, 3.8) is 0 Å². The van der Waals surface area contributed by atoms with E-state index in [9.17, 15) is 4.79 Å². The Kier molecular flexibility index (Phi) is 3.81. The summed E-state index contributed by atoms with van der Waals surface area (Å²) in [5.41, 5.74) is 1.60. The standard InChI is InChI=1S/C14H11ClN4OS/c1-19-8-9(7-16-19)5-12-13(18-14(20)21-12)17-11-4-2-3-10(15)6-11/h2-8H,1H3,(H,17,18,20). The van der Waals surface area contributed by atoms with Crippen molar-refractivity contribution in [1.82, 2.24) is 15.1 Å². The van der Waals surface area contributed by atoms with E-state index < -0.39 is 0 Å². The second-order valence-corrected chi connectivity index (χ2v) is 5.86. The van der Waals surface area contributed by atoms with Crippen LogP contribution < -0.4 is 5.32 Å². The van der Waals surface area contributed by atoms with Crippen molar-refractivity contribution in [3.8, 4) is 0 Å². The van der Waals surface area contributed by atoms with Crippen molar-refractivity contribution >= 4 is 46.2 Å². The number of rotatable bonds is 2. The molecule has 0 bridgehead atoms. The van der Waals surface area contributed by atoms with Crippen LogP contribution >= 0.6 is 23.4 Å². The highest BCUT2D eigenvalue weighted by molar-refractivity contribution is 8.18. The zero-order valence-corrected chi connectivity index (χ0v) is 12.6. The highest BCUT2D eigenvalue weighted by Crippen LogP contribution is 2.28. The van der Waals surface area contributed by atoms with Gasteiger partial charge in [-0.25, -0.2) is 4.99 Å². The Morgan fingerprint density at radius 2 is 2.33 bits per heavy atom. The van der Waals surface area contributed by atoms with Crippen LogP contribution in [0.25, 0.3) is 6.08 Å². The summed E-state index contributed by atoms with van der Waals surface area (Å²) in [5, 5.41) is 7.29. The number of carbonyl (C=O) groups excluding carboxylic acids is 1. The molecule has 106 valence electrons. The Morgan fingerprint density at radius 3 is 3.05 bits per heavy atom. The quantitative estimate of drug-likeness (QED) is 0.920. The maximum absolute atomic E-state index is 11.6. The van der Waals surface area contributed by atoms with Gasteiger partial charge < -0.3 is 5.32 Å². The summed E-state index contributed by atoms with van der Waals surface area (Å²) >= 11 is 7.05. The average molecular weight is 319 g/mol. The van der Waals surface area contributed by atoms with E-state index >= 15 is 0 Å². The molecule has 0 saturated carbocycles. The first-order valence-corrected chi connectivity index (χ1v) is 7.33. The summed E-state index contributed by atoms with van der Waals surface area (Å²) in [6, 6.07) is 7.16. The molecule has 0 aliphatic carbocycles. The summed E-state index contributed by atoms with van der Waals surface area (Å²) in [6.07, 6.45) is 5.47. The van der Waals surface area contributed by atoms with Gasteiger partial charge in [0.1, 0.15) is 5.84 Å². The predicted octanol–water partition coefficient (Wildman–Crippen LogP) is 3.60. The van der Waals surface area contributed by atoms with E-state index in [1.54, 1.807) is 23.0 Å². The topological polar surface area (TPSA) is 59.3 Å². The minimum Gasteiger partial charge on any atom is -0.300 e. The average Bonchev–Trinajstić information content (AvgIpc) is 2.97. The first-order valence-electron chi connectivity index (χ1n) is 6.14. The molecule has 0 unspecified atom stereocenters. The number of amides is 1.